The molecule has 1 aromatic rings. The molecule has 0 aliphatic rings. The maximum absolute atomic E-state index is 11.7. The number of sulfonamides is 2. The Labute approximate surface area is 118 Å². The van der Waals surface area contributed by atoms with Crippen molar-refractivity contribution in [2.24, 2.45) is 5.14 Å². The van der Waals surface area contributed by atoms with E-state index in [1.807, 2.05) is 0 Å². The van der Waals surface area contributed by atoms with Crippen LogP contribution in [-0.4, -0.2) is 22.1 Å². The van der Waals surface area contributed by atoms with Gasteiger partial charge in [0.1, 0.15) is 0 Å². The zero-order valence-electron chi connectivity index (χ0n) is 10.9. The summed E-state index contributed by atoms with van der Waals surface area (Å²) in [7, 11) is -7.53. The highest BCUT2D eigenvalue weighted by Crippen LogP contribution is 2.17. The zero-order valence-corrected chi connectivity index (χ0v) is 12.6. The number of nitrogens with two attached hydrogens (primary N) is 1. The second-order valence-electron chi connectivity index (χ2n) is 4.27. The smallest absolute Gasteiger partial charge is 0.225 e. The lowest BCUT2D eigenvalue weighted by Crippen LogP contribution is -2.33. The van der Waals surface area contributed by atoms with Gasteiger partial charge in [0.05, 0.1) is 11.0 Å². The highest BCUT2D eigenvalue weighted by molar-refractivity contribution is 7.90. The standard InChI is InChI=1S/C11H15N3O4S2/c1-8(7-12)20(17,18)14-9(2)10-3-5-11(6-4-10)19(13,15)16/h3-6,8-9,14H,1-2H3,(H2,13,15,16). The van der Waals surface area contributed by atoms with Crippen LogP contribution in [0.25, 0.3) is 0 Å². The van der Waals surface area contributed by atoms with Gasteiger partial charge in [0.25, 0.3) is 0 Å². The van der Waals surface area contributed by atoms with Crippen molar-refractivity contribution in [3.05, 3.63) is 29.8 Å². The van der Waals surface area contributed by atoms with Crippen molar-refractivity contribution >= 4 is 20.0 Å². The van der Waals surface area contributed by atoms with Gasteiger partial charge in [0, 0.05) is 6.04 Å². The molecule has 0 fully saturated rings. The molecular formula is C11H15N3O4S2. The van der Waals surface area contributed by atoms with Crippen LogP contribution in [-0.2, 0) is 20.0 Å². The average Bonchev–Trinajstić information content (AvgIpc) is 2.36. The number of nitrogens with one attached hydrogen (secondary N) is 1. The third-order valence-corrected chi connectivity index (χ3v) is 5.34. The molecule has 0 aliphatic carbocycles. The summed E-state index contributed by atoms with van der Waals surface area (Å²) in [4.78, 5) is -0.0540. The number of hydrogen-bond donors (Lipinski definition) is 2. The van der Waals surface area contributed by atoms with Crippen LogP contribution in [0.4, 0.5) is 0 Å². The highest BCUT2D eigenvalue weighted by atomic mass is 32.2. The van der Waals surface area contributed by atoms with E-state index in [-0.39, 0.29) is 4.90 Å². The van der Waals surface area contributed by atoms with Crippen LogP contribution in [0.1, 0.15) is 25.5 Å². The first-order valence-corrected chi connectivity index (χ1v) is 8.70. The molecule has 3 N–H and O–H groups in total. The van der Waals surface area contributed by atoms with E-state index >= 15 is 0 Å². The molecule has 0 amide bonds. The molecule has 0 heterocycles. The summed E-state index contributed by atoms with van der Waals surface area (Å²) in [5.74, 6) is 0. The van der Waals surface area contributed by atoms with E-state index in [1.54, 1.807) is 13.0 Å². The van der Waals surface area contributed by atoms with Gasteiger partial charge < -0.3 is 0 Å². The highest BCUT2D eigenvalue weighted by Gasteiger charge is 2.23. The van der Waals surface area contributed by atoms with Gasteiger partial charge in [0.15, 0.2) is 5.25 Å². The van der Waals surface area contributed by atoms with Crippen molar-refractivity contribution in [1.29, 1.82) is 5.26 Å². The Kier molecular flexibility index (Phi) is 4.88. The first-order valence-electron chi connectivity index (χ1n) is 5.61. The van der Waals surface area contributed by atoms with Gasteiger partial charge in [-0.05, 0) is 31.5 Å². The average molecular weight is 317 g/mol. The number of nitrogens with zero attached hydrogens (tertiary/aromatic N) is 1. The molecule has 1 rings (SSSR count). The number of rotatable bonds is 5. The topological polar surface area (TPSA) is 130 Å². The molecule has 2 atom stereocenters. The van der Waals surface area contributed by atoms with Gasteiger partial charge in [-0.3, -0.25) is 0 Å². The Morgan fingerprint density at radius 3 is 2.05 bits per heavy atom. The van der Waals surface area contributed by atoms with Crippen LogP contribution in [0.5, 0.6) is 0 Å². The van der Waals surface area contributed by atoms with Gasteiger partial charge in [-0.15, -0.1) is 0 Å². The maximum Gasteiger partial charge on any atom is 0.238 e. The first kappa shape index (κ1) is 16.6. The molecule has 0 saturated heterocycles. The van der Waals surface area contributed by atoms with E-state index in [1.165, 1.54) is 31.2 Å². The molecule has 0 bridgehead atoms. The van der Waals surface area contributed by atoms with E-state index in [0.717, 1.165) is 0 Å². The van der Waals surface area contributed by atoms with Crippen LogP contribution in [0.3, 0.4) is 0 Å². The van der Waals surface area contributed by atoms with Crippen molar-refractivity contribution in [3.8, 4) is 6.07 Å². The number of hydrogen-bond acceptors (Lipinski definition) is 5. The predicted molar refractivity (Wildman–Crippen MR) is 73.4 cm³/mol. The van der Waals surface area contributed by atoms with Crippen LogP contribution >= 0.6 is 0 Å². The summed E-state index contributed by atoms with van der Waals surface area (Å²) in [6, 6.07) is 6.57. The molecule has 0 spiro atoms. The molecule has 20 heavy (non-hydrogen) atoms. The van der Waals surface area contributed by atoms with Crippen molar-refractivity contribution in [1.82, 2.24) is 4.72 Å². The summed E-state index contributed by atoms with van der Waals surface area (Å²) >= 11 is 0. The SMILES string of the molecule is CC(NS(=O)(=O)C(C)C#N)c1ccc(S(N)(=O)=O)cc1. The summed E-state index contributed by atoms with van der Waals surface area (Å²) in [5.41, 5.74) is 0.561. The predicted octanol–water partition coefficient (Wildman–Crippen LogP) is 0.226. The van der Waals surface area contributed by atoms with Gasteiger partial charge in [0.2, 0.25) is 20.0 Å². The Morgan fingerprint density at radius 2 is 1.65 bits per heavy atom. The molecule has 2 unspecified atom stereocenters. The molecule has 0 radical (unpaired) electrons. The molecule has 0 saturated carbocycles. The first-order chi connectivity index (χ1) is 9.08. The summed E-state index contributed by atoms with van der Waals surface area (Å²) in [5, 5.41) is 12.4. The third kappa shape index (κ3) is 4.01. The van der Waals surface area contributed by atoms with Crippen molar-refractivity contribution in [2.75, 3.05) is 0 Å². The van der Waals surface area contributed by atoms with Gasteiger partial charge in [-0.2, -0.15) is 5.26 Å². The molecule has 7 nitrogen and oxygen atoms in total. The van der Waals surface area contributed by atoms with Gasteiger partial charge in [-0.1, -0.05) is 12.1 Å². The Morgan fingerprint density at radius 1 is 1.15 bits per heavy atom. The van der Waals surface area contributed by atoms with E-state index in [0.29, 0.717) is 5.56 Å². The van der Waals surface area contributed by atoms with Gasteiger partial charge >= 0.3 is 0 Å². The Hall–Kier alpha value is -1.47. The van der Waals surface area contributed by atoms with Crippen LogP contribution < -0.4 is 9.86 Å². The van der Waals surface area contributed by atoms with Crippen molar-refractivity contribution in [2.45, 2.75) is 30.0 Å². The van der Waals surface area contributed by atoms with E-state index in [4.69, 9.17) is 10.4 Å². The van der Waals surface area contributed by atoms with E-state index in [2.05, 4.69) is 4.72 Å². The minimum atomic E-state index is -3.78. The lowest BCUT2D eigenvalue weighted by Gasteiger charge is -2.15. The Balaban J connectivity index is 2.95. The molecule has 0 aliphatic heterocycles. The fourth-order valence-corrected chi connectivity index (χ4v) is 2.92. The molecule has 1 aromatic carbocycles. The third-order valence-electron chi connectivity index (χ3n) is 2.70. The largest absolute Gasteiger partial charge is 0.238 e. The zero-order chi connectivity index (χ0) is 15.6. The number of nitriles is 1. The second kappa shape index (κ2) is 5.88. The second-order valence-corrected chi connectivity index (χ2v) is 7.86. The maximum atomic E-state index is 11.7. The minimum absolute atomic E-state index is 0.0540. The van der Waals surface area contributed by atoms with Crippen LogP contribution in [0.15, 0.2) is 29.2 Å². The molecule has 110 valence electrons. The lowest BCUT2D eigenvalue weighted by molar-refractivity contribution is 0.562. The molecule has 9 heteroatoms. The Bertz CT molecular complexity index is 718. The quantitative estimate of drug-likeness (QED) is 0.802. The minimum Gasteiger partial charge on any atom is -0.225 e. The number of primary sulfonamides is 1. The summed E-state index contributed by atoms with van der Waals surface area (Å²) in [6.07, 6.45) is 0. The number of benzene rings is 1. The van der Waals surface area contributed by atoms with Crippen LogP contribution in [0.2, 0.25) is 0 Å². The molecular weight excluding hydrogens is 302 g/mol. The van der Waals surface area contributed by atoms with Crippen molar-refractivity contribution in [3.63, 3.8) is 0 Å². The van der Waals surface area contributed by atoms with Gasteiger partial charge in [-0.25, -0.2) is 26.7 Å². The van der Waals surface area contributed by atoms with E-state index in [9.17, 15) is 16.8 Å². The summed E-state index contributed by atoms with van der Waals surface area (Å²) in [6.45, 7) is 2.87. The fraction of sp³-hybridized carbons (Fsp3) is 0.364. The normalized spacial score (nSPS) is 15.3. The fourth-order valence-electron chi connectivity index (χ4n) is 1.43. The molecule has 0 aromatic heterocycles. The lowest BCUT2D eigenvalue weighted by atomic mass is 10.1. The summed E-state index contributed by atoms with van der Waals surface area (Å²) < 4.78 is 48.0. The van der Waals surface area contributed by atoms with Crippen LogP contribution in [0, 0.1) is 11.3 Å². The van der Waals surface area contributed by atoms with E-state index < -0.39 is 31.3 Å². The van der Waals surface area contributed by atoms with Crippen molar-refractivity contribution < 1.29 is 16.8 Å². The monoisotopic (exact) mass is 317 g/mol.